The van der Waals surface area contributed by atoms with Crippen LogP contribution in [-0.2, 0) is 22.7 Å². The minimum atomic E-state index is -0.911. The molecule has 5 nitrogen and oxygen atoms in total. The van der Waals surface area contributed by atoms with Gasteiger partial charge in [-0.15, -0.1) is 12.4 Å². The highest BCUT2D eigenvalue weighted by Gasteiger charge is 2.07. The van der Waals surface area contributed by atoms with Gasteiger partial charge >= 0.3 is 6.16 Å². The van der Waals surface area contributed by atoms with E-state index in [-0.39, 0.29) is 37.0 Å². The van der Waals surface area contributed by atoms with Crippen molar-refractivity contribution in [1.82, 2.24) is 0 Å². The average molecular weight is 345 g/mol. The lowest BCUT2D eigenvalue weighted by Gasteiger charge is -2.08. The first-order valence-electron chi connectivity index (χ1n) is 6.33. The van der Waals surface area contributed by atoms with E-state index in [9.17, 15) is 13.6 Å². The number of nitrogens with two attached hydrogens (primary N) is 2. The van der Waals surface area contributed by atoms with E-state index in [0.717, 1.165) is 0 Å². The Hall–Kier alpha value is -2.54. The van der Waals surface area contributed by atoms with Crippen molar-refractivity contribution in [1.29, 1.82) is 0 Å². The summed E-state index contributed by atoms with van der Waals surface area (Å²) in [5.41, 5.74) is 11.8. The zero-order valence-electron chi connectivity index (χ0n) is 11.9. The molecule has 4 N–H and O–H groups in total. The van der Waals surface area contributed by atoms with Crippen LogP contribution in [0.1, 0.15) is 11.1 Å². The van der Waals surface area contributed by atoms with Crippen molar-refractivity contribution in [3.8, 4) is 0 Å². The molecule has 23 heavy (non-hydrogen) atoms. The third kappa shape index (κ3) is 5.30. The van der Waals surface area contributed by atoms with Crippen LogP contribution in [-0.4, -0.2) is 6.16 Å². The fourth-order valence-electron chi connectivity index (χ4n) is 1.69. The van der Waals surface area contributed by atoms with Gasteiger partial charge in [-0.1, -0.05) is 12.1 Å². The Morgan fingerprint density at radius 3 is 1.61 bits per heavy atom. The normalized spacial score (nSPS) is 9.83. The van der Waals surface area contributed by atoms with Crippen LogP contribution in [0.4, 0.5) is 25.0 Å². The second kappa shape index (κ2) is 8.19. The zero-order valence-corrected chi connectivity index (χ0v) is 12.7. The fraction of sp³-hybridized carbons (Fsp3) is 0.133. The third-order valence-corrected chi connectivity index (χ3v) is 2.83. The van der Waals surface area contributed by atoms with Gasteiger partial charge in [0.2, 0.25) is 0 Å². The topological polar surface area (TPSA) is 87.6 Å². The summed E-state index contributed by atoms with van der Waals surface area (Å²) in [5.74, 6) is -1.08. The van der Waals surface area contributed by atoms with Gasteiger partial charge in [-0.25, -0.2) is 13.6 Å². The van der Waals surface area contributed by atoms with Crippen LogP contribution in [0.25, 0.3) is 0 Å². The Labute approximate surface area is 137 Å². The number of ether oxygens (including phenoxy) is 2. The van der Waals surface area contributed by atoms with Crippen molar-refractivity contribution in [2.75, 3.05) is 11.5 Å². The minimum absolute atomic E-state index is 0. The first kappa shape index (κ1) is 18.5. The number of carbonyl (C=O) groups is 1. The molecule has 0 aliphatic carbocycles. The van der Waals surface area contributed by atoms with Crippen molar-refractivity contribution in [2.45, 2.75) is 13.2 Å². The Morgan fingerprint density at radius 2 is 1.26 bits per heavy atom. The Bertz CT molecular complexity index is 641. The summed E-state index contributed by atoms with van der Waals surface area (Å²) < 4.78 is 35.7. The largest absolute Gasteiger partial charge is 0.508 e. The van der Waals surface area contributed by atoms with Crippen molar-refractivity contribution >= 4 is 29.9 Å². The number of benzene rings is 2. The molecule has 0 amide bonds. The van der Waals surface area contributed by atoms with E-state index >= 15 is 0 Å². The third-order valence-electron chi connectivity index (χ3n) is 2.83. The van der Waals surface area contributed by atoms with Gasteiger partial charge in [-0.05, 0) is 35.4 Å². The number of hydrogen-bond acceptors (Lipinski definition) is 5. The highest BCUT2D eigenvalue weighted by Crippen LogP contribution is 2.15. The van der Waals surface area contributed by atoms with Gasteiger partial charge in [0.1, 0.15) is 24.8 Å². The molecule has 0 atom stereocenters. The number of nitrogen functional groups attached to an aromatic ring is 2. The lowest BCUT2D eigenvalue weighted by Crippen LogP contribution is -2.08. The number of hydrogen-bond donors (Lipinski definition) is 2. The summed E-state index contributed by atoms with van der Waals surface area (Å²) in [4.78, 5) is 11.4. The van der Waals surface area contributed by atoms with E-state index in [1.54, 1.807) is 0 Å². The van der Waals surface area contributed by atoms with Gasteiger partial charge in [0.05, 0.1) is 11.4 Å². The van der Waals surface area contributed by atoms with Gasteiger partial charge in [-0.3, -0.25) is 0 Å². The monoisotopic (exact) mass is 344 g/mol. The number of carbonyl (C=O) groups excluding carboxylic acids is 1. The summed E-state index contributed by atoms with van der Waals surface area (Å²) in [6.45, 7) is -0.205. The lowest BCUT2D eigenvalue weighted by molar-refractivity contribution is 0.0446. The van der Waals surface area contributed by atoms with Crippen LogP contribution in [0.5, 0.6) is 0 Å². The number of rotatable bonds is 4. The Balaban J connectivity index is 0.00000264. The van der Waals surface area contributed by atoms with E-state index in [1.807, 2.05) is 0 Å². The van der Waals surface area contributed by atoms with E-state index in [1.165, 1.54) is 36.4 Å². The molecule has 0 saturated carbocycles. The maximum Gasteiger partial charge on any atom is 0.508 e. The minimum Gasteiger partial charge on any atom is -0.429 e. The molecule has 2 aromatic rings. The van der Waals surface area contributed by atoms with Crippen LogP contribution in [0.2, 0.25) is 0 Å². The Kier molecular flexibility index (Phi) is 6.59. The molecule has 0 radical (unpaired) electrons. The van der Waals surface area contributed by atoms with Crippen molar-refractivity contribution in [2.24, 2.45) is 0 Å². The summed E-state index contributed by atoms with van der Waals surface area (Å²) in [7, 11) is 0. The van der Waals surface area contributed by atoms with Gasteiger partial charge < -0.3 is 20.9 Å². The Morgan fingerprint density at radius 1 is 0.870 bits per heavy atom. The molecule has 0 heterocycles. The van der Waals surface area contributed by atoms with Crippen molar-refractivity contribution in [3.05, 3.63) is 59.2 Å². The molecule has 0 fully saturated rings. The molecule has 2 aromatic carbocycles. The fourth-order valence-corrected chi connectivity index (χ4v) is 1.69. The zero-order chi connectivity index (χ0) is 16.1. The maximum absolute atomic E-state index is 13.0. The second-order valence-electron chi connectivity index (χ2n) is 4.54. The summed E-state index contributed by atoms with van der Waals surface area (Å²) in [5, 5.41) is 0. The van der Waals surface area contributed by atoms with Gasteiger partial charge in [-0.2, -0.15) is 0 Å². The number of anilines is 2. The molecular formula is C15H15ClF2N2O3. The molecule has 0 aliphatic heterocycles. The van der Waals surface area contributed by atoms with E-state index in [2.05, 4.69) is 0 Å². The molecule has 0 spiro atoms. The van der Waals surface area contributed by atoms with Crippen LogP contribution < -0.4 is 11.5 Å². The summed E-state index contributed by atoms with van der Waals surface area (Å²) in [6.07, 6.45) is -0.911. The SMILES string of the molecule is Cl.Nc1cc(COC(=O)OCc2ccc(F)c(N)c2)ccc1F. The predicted octanol–water partition coefficient (Wildman–Crippen LogP) is 3.40. The van der Waals surface area contributed by atoms with E-state index < -0.39 is 17.8 Å². The molecule has 0 bridgehead atoms. The van der Waals surface area contributed by atoms with Crippen LogP contribution in [0.3, 0.4) is 0 Å². The first-order valence-corrected chi connectivity index (χ1v) is 6.33. The highest BCUT2D eigenvalue weighted by molar-refractivity contribution is 5.85. The molecule has 0 aliphatic rings. The quantitative estimate of drug-likeness (QED) is 0.655. The van der Waals surface area contributed by atoms with E-state index in [0.29, 0.717) is 11.1 Å². The highest BCUT2D eigenvalue weighted by atomic mass is 35.5. The van der Waals surface area contributed by atoms with Gasteiger partial charge in [0.25, 0.3) is 0 Å². The van der Waals surface area contributed by atoms with Crippen LogP contribution >= 0.6 is 12.4 Å². The molecule has 124 valence electrons. The first-order chi connectivity index (χ1) is 10.5. The average Bonchev–Trinajstić information content (AvgIpc) is 2.49. The summed E-state index contributed by atoms with van der Waals surface area (Å²) >= 11 is 0. The van der Waals surface area contributed by atoms with Crippen molar-refractivity contribution < 1.29 is 23.0 Å². The van der Waals surface area contributed by atoms with Crippen molar-refractivity contribution in [3.63, 3.8) is 0 Å². The van der Waals surface area contributed by atoms with Gasteiger partial charge in [0, 0.05) is 0 Å². The predicted molar refractivity (Wildman–Crippen MR) is 83.8 cm³/mol. The van der Waals surface area contributed by atoms with Crippen LogP contribution in [0, 0.1) is 11.6 Å². The maximum atomic E-state index is 13.0. The van der Waals surface area contributed by atoms with Gasteiger partial charge in [0.15, 0.2) is 0 Å². The number of halogens is 3. The molecule has 2 rings (SSSR count). The van der Waals surface area contributed by atoms with Crippen LogP contribution in [0.15, 0.2) is 36.4 Å². The lowest BCUT2D eigenvalue weighted by atomic mass is 10.2. The summed E-state index contributed by atoms with van der Waals surface area (Å²) in [6, 6.07) is 7.98. The standard InChI is InChI=1S/C15H14F2N2O3.ClH/c16-11-3-1-9(5-13(11)18)7-21-15(20)22-8-10-2-4-12(17)14(19)6-10;/h1-6H,7-8,18-19H2;1H. The molecule has 0 unspecified atom stereocenters. The molecule has 0 aromatic heterocycles. The van der Waals surface area contributed by atoms with E-state index in [4.69, 9.17) is 20.9 Å². The smallest absolute Gasteiger partial charge is 0.429 e. The second-order valence-corrected chi connectivity index (χ2v) is 4.54. The molecular weight excluding hydrogens is 330 g/mol. The molecule has 0 saturated heterocycles. The molecule has 8 heteroatoms.